The molecule has 1 aromatic carbocycles. The Bertz CT molecular complexity index is 623. The average Bonchev–Trinajstić information content (AvgIpc) is 2.94. The molecule has 1 aliphatic carbocycles. The third-order valence-corrected chi connectivity index (χ3v) is 5.22. The van der Waals surface area contributed by atoms with Gasteiger partial charge in [-0.05, 0) is 48.9 Å². The minimum Gasteiger partial charge on any atom is -0.310 e. The molecule has 0 saturated heterocycles. The second kappa shape index (κ2) is 6.24. The normalized spacial score (nSPS) is 19.3. The number of aryl methyl sites for hydroxylation is 1. The zero-order chi connectivity index (χ0) is 14.8. The Morgan fingerprint density at radius 1 is 1.33 bits per heavy atom. The summed E-state index contributed by atoms with van der Waals surface area (Å²) < 4.78 is 27.4. The van der Waals surface area contributed by atoms with E-state index in [0.717, 1.165) is 31.9 Å². The van der Waals surface area contributed by atoms with Gasteiger partial charge in [-0.15, -0.1) is 11.3 Å². The summed E-state index contributed by atoms with van der Waals surface area (Å²) in [4.78, 5) is 1.41. The molecule has 0 radical (unpaired) electrons. The summed E-state index contributed by atoms with van der Waals surface area (Å²) in [5.41, 5.74) is 1.91. The summed E-state index contributed by atoms with van der Waals surface area (Å²) in [7, 11) is 0. The highest BCUT2D eigenvalue weighted by atomic mass is 32.1. The van der Waals surface area contributed by atoms with Gasteiger partial charge in [0, 0.05) is 28.5 Å². The highest BCUT2D eigenvalue weighted by Crippen LogP contribution is 2.42. The number of benzene rings is 1. The number of rotatable bonds is 4. The number of hydrogen-bond acceptors (Lipinski definition) is 2. The van der Waals surface area contributed by atoms with Gasteiger partial charge >= 0.3 is 0 Å². The molecule has 0 bridgehead atoms. The van der Waals surface area contributed by atoms with Crippen molar-refractivity contribution in [3.8, 4) is 0 Å². The number of halogens is 2. The standard InChI is InChI=1S/C17H19F2NS/c1-2-20-17(14-7-6-11(18)10-15(14)19)13-4-3-5-16-12(13)8-9-21-16/h6-10,13,17,20H,2-5H2,1H3. The summed E-state index contributed by atoms with van der Waals surface area (Å²) in [5.74, 6) is -0.713. The van der Waals surface area contributed by atoms with Crippen LogP contribution in [0.1, 0.15) is 47.7 Å². The van der Waals surface area contributed by atoms with Crippen LogP contribution in [0.3, 0.4) is 0 Å². The maximum absolute atomic E-state index is 14.2. The first-order valence-electron chi connectivity index (χ1n) is 7.45. The number of hydrogen-bond donors (Lipinski definition) is 1. The van der Waals surface area contributed by atoms with Crippen LogP contribution in [0.2, 0.25) is 0 Å². The van der Waals surface area contributed by atoms with E-state index in [2.05, 4.69) is 16.8 Å². The Labute approximate surface area is 128 Å². The summed E-state index contributed by atoms with van der Waals surface area (Å²) in [5, 5.41) is 5.52. The molecular weight excluding hydrogens is 288 g/mol. The number of likely N-dealkylation sites (N-methyl/N-ethyl adjacent to an activating group) is 1. The van der Waals surface area contributed by atoms with Gasteiger partial charge in [-0.25, -0.2) is 8.78 Å². The Morgan fingerprint density at radius 3 is 2.95 bits per heavy atom. The van der Waals surface area contributed by atoms with Gasteiger partial charge < -0.3 is 5.32 Å². The average molecular weight is 307 g/mol. The fourth-order valence-electron chi connectivity index (χ4n) is 3.31. The van der Waals surface area contributed by atoms with E-state index in [0.29, 0.717) is 5.56 Å². The van der Waals surface area contributed by atoms with Crippen molar-refractivity contribution < 1.29 is 8.78 Å². The van der Waals surface area contributed by atoms with Crippen molar-refractivity contribution in [2.24, 2.45) is 0 Å². The van der Waals surface area contributed by atoms with Crippen LogP contribution in [0, 0.1) is 11.6 Å². The van der Waals surface area contributed by atoms with E-state index in [1.807, 2.05) is 6.92 Å². The molecule has 2 unspecified atom stereocenters. The quantitative estimate of drug-likeness (QED) is 0.856. The van der Waals surface area contributed by atoms with Crippen molar-refractivity contribution in [3.05, 3.63) is 57.3 Å². The molecule has 0 aliphatic heterocycles. The number of thiophene rings is 1. The van der Waals surface area contributed by atoms with Crippen LogP contribution in [0.25, 0.3) is 0 Å². The van der Waals surface area contributed by atoms with Crippen molar-refractivity contribution in [1.82, 2.24) is 5.32 Å². The predicted octanol–water partition coefficient (Wildman–Crippen LogP) is 4.80. The first-order chi connectivity index (χ1) is 10.2. The third-order valence-electron chi connectivity index (χ3n) is 4.22. The van der Waals surface area contributed by atoms with Crippen molar-refractivity contribution in [2.45, 2.75) is 38.1 Å². The molecule has 0 fully saturated rings. The Kier molecular flexibility index (Phi) is 4.36. The van der Waals surface area contributed by atoms with E-state index in [1.165, 1.54) is 16.5 Å². The fourth-order valence-corrected chi connectivity index (χ4v) is 4.31. The van der Waals surface area contributed by atoms with E-state index >= 15 is 0 Å². The zero-order valence-corrected chi connectivity index (χ0v) is 12.9. The summed E-state index contributed by atoms with van der Waals surface area (Å²) in [6.45, 7) is 2.78. The van der Waals surface area contributed by atoms with E-state index in [-0.39, 0.29) is 12.0 Å². The second-order valence-corrected chi connectivity index (χ2v) is 6.50. The summed E-state index contributed by atoms with van der Waals surface area (Å²) >= 11 is 1.78. The molecule has 112 valence electrons. The van der Waals surface area contributed by atoms with Gasteiger partial charge in [-0.1, -0.05) is 13.0 Å². The van der Waals surface area contributed by atoms with E-state index in [1.54, 1.807) is 17.4 Å². The van der Waals surface area contributed by atoms with Crippen LogP contribution in [0.5, 0.6) is 0 Å². The minimum atomic E-state index is -0.522. The van der Waals surface area contributed by atoms with Crippen LogP contribution in [0.15, 0.2) is 29.6 Å². The molecule has 1 aromatic heterocycles. The van der Waals surface area contributed by atoms with Gasteiger partial charge in [-0.3, -0.25) is 0 Å². The second-order valence-electron chi connectivity index (χ2n) is 5.50. The van der Waals surface area contributed by atoms with Crippen molar-refractivity contribution in [1.29, 1.82) is 0 Å². The van der Waals surface area contributed by atoms with Gasteiger partial charge in [0.05, 0.1) is 0 Å². The molecule has 1 heterocycles. The molecule has 4 heteroatoms. The molecule has 1 nitrogen and oxygen atoms in total. The lowest BCUT2D eigenvalue weighted by Crippen LogP contribution is -2.29. The fraction of sp³-hybridized carbons (Fsp3) is 0.412. The van der Waals surface area contributed by atoms with Gasteiger partial charge in [-0.2, -0.15) is 0 Å². The Morgan fingerprint density at radius 2 is 2.19 bits per heavy atom. The van der Waals surface area contributed by atoms with Crippen LogP contribution in [-0.4, -0.2) is 6.54 Å². The van der Waals surface area contributed by atoms with Gasteiger partial charge in [0.2, 0.25) is 0 Å². The molecule has 0 spiro atoms. The van der Waals surface area contributed by atoms with Gasteiger partial charge in [0.25, 0.3) is 0 Å². The topological polar surface area (TPSA) is 12.0 Å². The van der Waals surface area contributed by atoms with Gasteiger partial charge in [0.1, 0.15) is 11.6 Å². The van der Waals surface area contributed by atoms with Crippen LogP contribution in [0.4, 0.5) is 8.78 Å². The van der Waals surface area contributed by atoms with Gasteiger partial charge in [0.15, 0.2) is 0 Å². The lowest BCUT2D eigenvalue weighted by molar-refractivity contribution is 0.397. The zero-order valence-electron chi connectivity index (χ0n) is 12.0. The monoisotopic (exact) mass is 307 g/mol. The SMILES string of the molecule is CCNC(c1ccc(F)cc1F)C1CCCc2sccc21. The summed E-state index contributed by atoms with van der Waals surface area (Å²) in [6, 6.07) is 5.98. The highest BCUT2D eigenvalue weighted by Gasteiger charge is 2.30. The maximum atomic E-state index is 14.2. The number of nitrogens with one attached hydrogen (secondary N) is 1. The van der Waals surface area contributed by atoms with Crippen molar-refractivity contribution >= 4 is 11.3 Å². The third kappa shape index (κ3) is 2.87. The largest absolute Gasteiger partial charge is 0.310 e. The van der Waals surface area contributed by atoms with Crippen LogP contribution in [-0.2, 0) is 6.42 Å². The van der Waals surface area contributed by atoms with Crippen molar-refractivity contribution in [3.63, 3.8) is 0 Å². The van der Waals surface area contributed by atoms with Crippen molar-refractivity contribution in [2.75, 3.05) is 6.54 Å². The molecule has 2 atom stereocenters. The molecule has 21 heavy (non-hydrogen) atoms. The highest BCUT2D eigenvalue weighted by molar-refractivity contribution is 7.10. The lowest BCUT2D eigenvalue weighted by atomic mass is 9.79. The van der Waals surface area contributed by atoms with E-state index in [4.69, 9.17) is 0 Å². The molecule has 0 amide bonds. The molecule has 1 aliphatic rings. The summed E-state index contributed by atoms with van der Waals surface area (Å²) in [6.07, 6.45) is 3.29. The van der Waals surface area contributed by atoms with E-state index in [9.17, 15) is 8.78 Å². The maximum Gasteiger partial charge on any atom is 0.130 e. The molecular formula is C17H19F2NS. The van der Waals surface area contributed by atoms with E-state index < -0.39 is 11.6 Å². The first kappa shape index (κ1) is 14.7. The van der Waals surface area contributed by atoms with Crippen LogP contribution < -0.4 is 5.32 Å². The smallest absolute Gasteiger partial charge is 0.130 e. The van der Waals surface area contributed by atoms with Crippen LogP contribution >= 0.6 is 11.3 Å². The molecule has 2 aromatic rings. The molecule has 3 rings (SSSR count). The predicted molar refractivity (Wildman–Crippen MR) is 82.8 cm³/mol. The number of fused-ring (bicyclic) bond motifs is 1. The molecule has 1 N–H and O–H groups in total. The first-order valence-corrected chi connectivity index (χ1v) is 8.33. The minimum absolute atomic E-state index is 0.0933. The lowest BCUT2D eigenvalue weighted by Gasteiger charge is -2.32. The molecule has 0 saturated carbocycles. The Balaban J connectivity index is 1.99. The Hall–Kier alpha value is -1.26.